The van der Waals surface area contributed by atoms with Crippen LogP contribution < -0.4 is 10.1 Å². The van der Waals surface area contributed by atoms with Gasteiger partial charge in [-0.3, -0.25) is 4.79 Å². The number of ether oxygens (including phenoxy) is 1. The lowest BCUT2D eigenvalue weighted by molar-refractivity contribution is -0.117. The van der Waals surface area contributed by atoms with Crippen molar-refractivity contribution in [1.29, 1.82) is 0 Å². The van der Waals surface area contributed by atoms with Crippen LogP contribution in [0.4, 0.5) is 5.82 Å². The van der Waals surface area contributed by atoms with Gasteiger partial charge in [-0.25, -0.2) is 4.98 Å². The number of nitrogens with zero attached hydrogens (tertiary/aromatic N) is 1. The van der Waals surface area contributed by atoms with Crippen molar-refractivity contribution < 1.29 is 9.53 Å². The van der Waals surface area contributed by atoms with Gasteiger partial charge in [0, 0.05) is 6.20 Å². The van der Waals surface area contributed by atoms with E-state index in [1.54, 1.807) is 25.4 Å². The second-order valence-electron chi connectivity index (χ2n) is 4.68. The lowest BCUT2D eigenvalue weighted by Crippen LogP contribution is -2.20. The Morgan fingerprint density at radius 2 is 2.10 bits per heavy atom. The molecule has 1 aromatic carbocycles. The maximum absolute atomic E-state index is 12.3. The molecule has 0 aliphatic carbocycles. The fourth-order valence-electron chi connectivity index (χ4n) is 1.96. The van der Waals surface area contributed by atoms with Gasteiger partial charge in [0.25, 0.3) is 0 Å². The Balaban J connectivity index is 2.15. The number of hydrogen-bond acceptors (Lipinski definition) is 3. The van der Waals surface area contributed by atoms with Gasteiger partial charge in [-0.1, -0.05) is 29.8 Å². The van der Waals surface area contributed by atoms with Gasteiger partial charge in [0.2, 0.25) is 5.91 Å². The first kappa shape index (κ1) is 14.1. The van der Waals surface area contributed by atoms with Crippen molar-refractivity contribution in [3.05, 3.63) is 53.7 Å². The van der Waals surface area contributed by atoms with E-state index in [4.69, 9.17) is 4.74 Å². The van der Waals surface area contributed by atoms with E-state index >= 15 is 0 Å². The first-order valence-corrected chi connectivity index (χ1v) is 6.48. The molecule has 104 valence electrons. The quantitative estimate of drug-likeness (QED) is 0.928. The molecule has 1 heterocycles. The van der Waals surface area contributed by atoms with Crippen LogP contribution in [0.3, 0.4) is 0 Å². The van der Waals surface area contributed by atoms with E-state index in [0.717, 1.165) is 11.1 Å². The van der Waals surface area contributed by atoms with E-state index in [1.165, 1.54) is 0 Å². The molecule has 2 aromatic rings. The predicted octanol–water partition coefficient (Wildman–Crippen LogP) is 3.14. The van der Waals surface area contributed by atoms with Gasteiger partial charge >= 0.3 is 0 Å². The van der Waals surface area contributed by atoms with E-state index in [0.29, 0.717) is 11.6 Å². The number of carbonyl (C=O) groups is 1. The molecule has 0 radical (unpaired) electrons. The van der Waals surface area contributed by atoms with Crippen LogP contribution in [0, 0.1) is 6.92 Å². The van der Waals surface area contributed by atoms with Crippen LogP contribution in [0.1, 0.15) is 24.0 Å². The SMILES string of the molecule is COc1cccnc1NC(=O)C(C)c1cccc(C)c1. The van der Waals surface area contributed by atoms with Crippen molar-refractivity contribution in [3.63, 3.8) is 0 Å². The molecule has 0 saturated heterocycles. The third-order valence-electron chi connectivity index (χ3n) is 3.17. The number of aromatic nitrogens is 1. The average Bonchev–Trinajstić information content (AvgIpc) is 2.47. The Kier molecular flexibility index (Phi) is 4.35. The number of amides is 1. The first-order chi connectivity index (χ1) is 9.61. The van der Waals surface area contributed by atoms with Crippen LogP contribution in [0.2, 0.25) is 0 Å². The Labute approximate surface area is 118 Å². The molecule has 1 aromatic heterocycles. The monoisotopic (exact) mass is 270 g/mol. The zero-order chi connectivity index (χ0) is 14.5. The topological polar surface area (TPSA) is 51.2 Å². The minimum atomic E-state index is -0.249. The molecule has 4 heteroatoms. The molecule has 1 unspecified atom stereocenters. The highest BCUT2D eigenvalue weighted by Crippen LogP contribution is 2.23. The average molecular weight is 270 g/mol. The maximum Gasteiger partial charge on any atom is 0.232 e. The van der Waals surface area contributed by atoms with Crippen molar-refractivity contribution in [3.8, 4) is 5.75 Å². The summed E-state index contributed by atoms with van der Waals surface area (Å²) in [5, 5.41) is 2.80. The van der Waals surface area contributed by atoms with E-state index in [-0.39, 0.29) is 11.8 Å². The number of aryl methyl sites for hydroxylation is 1. The largest absolute Gasteiger partial charge is 0.493 e. The van der Waals surface area contributed by atoms with Crippen molar-refractivity contribution in [2.75, 3.05) is 12.4 Å². The van der Waals surface area contributed by atoms with Gasteiger partial charge in [-0.2, -0.15) is 0 Å². The third kappa shape index (κ3) is 3.15. The van der Waals surface area contributed by atoms with Gasteiger partial charge in [-0.05, 0) is 31.5 Å². The van der Waals surface area contributed by atoms with Gasteiger partial charge in [-0.15, -0.1) is 0 Å². The highest BCUT2D eigenvalue weighted by atomic mass is 16.5. The fourth-order valence-corrected chi connectivity index (χ4v) is 1.96. The van der Waals surface area contributed by atoms with E-state index in [2.05, 4.69) is 10.3 Å². The molecule has 4 nitrogen and oxygen atoms in total. The Hall–Kier alpha value is -2.36. The van der Waals surface area contributed by atoms with Crippen LogP contribution in [0.15, 0.2) is 42.6 Å². The summed E-state index contributed by atoms with van der Waals surface area (Å²) >= 11 is 0. The lowest BCUT2D eigenvalue weighted by Gasteiger charge is -2.14. The van der Waals surface area contributed by atoms with E-state index < -0.39 is 0 Å². The molecule has 0 aliphatic rings. The van der Waals surface area contributed by atoms with Crippen molar-refractivity contribution >= 4 is 11.7 Å². The highest BCUT2D eigenvalue weighted by molar-refractivity contribution is 5.95. The minimum Gasteiger partial charge on any atom is -0.493 e. The van der Waals surface area contributed by atoms with Crippen molar-refractivity contribution in [1.82, 2.24) is 4.98 Å². The maximum atomic E-state index is 12.3. The lowest BCUT2D eigenvalue weighted by atomic mass is 9.98. The summed E-state index contributed by atoms with van der Waals surface area (Å²) in [4.78, 5) is 16.4. The molecule has 1 atom stereocenters. The molecule has 20 heavy (non-hydrogen) atoms. The number of hydrogen-bond donors (Lipinski definition) is 1. The first-order valence-electron chi connectivity index (χ1n) is 6.48. The van der Waals surface area contributed by atoms with Crippen LogP contribution >= 0.6 is 0 Å². The van der Waals surface area contributed by atoms with Crippen LogP contribution in [-0.2, 0) is 4.79 Å². The number of carbonyl (C=O) groups excluding carboxylic acids is 1. The second-order valence-corrected chi connectivity index (χ2v) is 4.68. The standard InChI is InChI=1S/C16H18N2O2/c1-11-6-4-7-13(10-11)12(2)16(19)18-15-14(20-3)8-5-9-17-15/h4-10,12H,1-3H3,(H,17,18,19). The molecule has 0 fully saturated rings. The predicted molar refractivity (Wildman–Crippen MR) is 79.0 cm³/mol. The summed E-state index contributed by atoms with van der Waals surface area (Å²) in [7, 11) is 1.55. The normalized spacial score (nSPS) is 11.8. The smallest absolute Gasteiger partial charge is 0.232 e. The molecule has 0 spiro atoms. The molecular weight excluding hydrogens is 252 g/mol. The van der Waals surface area contributed by atoms with Crippen molar-refractivity contribution in [2.24, 2.45) is 0 Å². The summed E-state index contributed by atoms with van der Waals surface area (Å²) in [5.41, 5.74) is 2.12. The zero-order valence-electron chi connectivity index (χ0n) is 11.9. The summed E-state index contributed by atoms with van der Waals surface area (Å²) in [6.45, 7) is 3.88. The van der Waals surface area contributed by atoms with E-state index in [9.17, 15) is 4.79 Å². The summed E-state index contributed by atoms with van der Waals surface area (Å²) in [6.07, 6.45) is 1.62. The molecule has 0 aliphatic heterocycles. The van der Waals surface area contributed by atoms with Gasteiger partial charge in [0.15, 0.2) is 11.6 Å². The summed E-state index contributed by atoms with van der Waals surface area (Å²) < 4.78 is 5.17. The molecule has 0 saturated carbocycles. The number of pyridine rings is 1. The fraction of sp³-hybridized carbons (Fsp3) is 0.250. The minimum absolute atomic E-state index is 0.104. The molecule has 2 rings (SSSR count). The Morgan fingerprint density at radius 1 is 1.30 bits per heavy atom. The number of anilines is 1. The third-order valence-corrected chi connectivity index (χ3v) is 3.17. The van der Waals surface area contributed by atoms with Gasteiger partial charge in [0.1, 0.15) is 0 Å². The molecule has 0 bridgehead atoms. The zero-order valence-corrected chi connectivity index (χ0v) is 11.9. The van der Waals surface area contributed by atoms with Crippen molar-refractivity contribution in [2.45, 2.75) is 19.8 Å². The molecular formula is C16H18N2O2. The second kappa shape index (κ2) is 6.19. The number of nitrogens with one attached hydrogen (secondary N) is 1. The van der Waals surface area contributed by atoms with Gasteiger partial charge in [0.05, 0.1) is 13.0 Å². The summed E-state index contributed by atoms with van der Waals surface area (Å²) in [5.74, 6) is 0.644. The summed E-state index contributed by atoms with van der Waals surface area (Å²) in [6, 6.07) is 11.5. The number of methoxy groups -OCH3 is 1. The Bertz CT molecular complexity index is 611. The van der Waals surface area contributed by atoms with Crippen LogP contribution in [0.25, 0.3) is 0 Å². The van der Waals surface area contributed by atoms with Crippen LogP contribution in [0.5, 0.6) is 5.75 Å². The molecule has 1 amide bonds. The van der Waals surface area contributed by atoms with Crippen LogP contribution in [-0.4, -0.2) is 18.0 Å². The van der Waals surface area contributed by atoms with E-state index in [1.807, 2.05) is 38.1 Å². The van der Waals surface area contributed by atoms with Gasteiger partial charge < -0.3 is 10.1 Å². The highest BCUT2D eigenvalue weighted by Gasteiger charge is 2.17. The number of benzene rings is 1. The Morgan fingerprint density at radius 3 is 2.80 bits per heavy atom. The number of rotatable bonds is 4. The molecule has 1 N–H and O–H groups in total.